The monoisotopic (exact) mass is 385 g/mol. The summed E-state index contributed by atoms with van der Waals surface area (Å²) in [6.45, 7) is 4.38. The summed E-state index contributed by atoms with van der Waals surface area (Å²) in [5.74, 6) is 0.884. The number of phenolic OH excluding ortho intramolecular Hbond substituents is 1. The van der Waals surface area contributed by atoms with Gasteiger partial charge >= 0.3 is 0 Å². The molecule has 0 unspecified atom stereocenters. The van der Waals surface area contributed by atoms with Gasteiger partial charge in [-0.3, -0.25) is 0 Å². The second kappa shape index (κ2) is 7.62. The van der Waals surface area contributed by atoms with E-state index in [1.807, 2.05) is 12.1 Å². The summed E-state index contributed by atoms with van der Waals surface area (Å²) in [6, 6.07) is 3.78. The summed E-state index contributed by atoms with van der Waals surface area (Å²) < 4.78 is 1.36. The molecule has 0 radical (unpaired) electrons. The van der Waals surface area contributed by atoms with E-state index < -0.39 is 0 Å². The number of nitrogens with two attached hydrogens (primary N) is 1. The van der Waals surface area contributed by atoms with Crippen LogP contribution in [0.2, 0.25) is 0 Å². The standard InChI is InChI=1S/C12H17Br2NO.ClH/c1-7(2)3-4-11(15)8-5-9(13)12(16)10(14)6-8;/h5-7,11,16H,3-4,15H2,1-2H3;1H/t11-;/m0./s1. The van der Waals surface area contributed by atoms with Crippen molar-refractivity contribution in [3.8, 4) is 5.75 Å². The summed E-state index contributed by atoms with van der Waals surface area (Å²) >= 11 is 6.62. The van der Waals surface area contributed by atoms with E-state index in [9.17, 15) is 5.11 Å². The van der Waals surface area contributed by atoms with Crippen LogP contribution in [-0.2, 0) is 0 Å². The molecule has 0 aliphatic heterocycles. The number of aromatic hydroxyl groups is 1. The predicted octanol–water partition coefficient (Wildman–Crippen LogP) is 4.78. The van der Waals surface area contributed by atoms with Crippen molar-refractivity contribution in [1.82, 2.24) is 0 Å². The molecule has 0 aliphatic carbocycles. The fraction of sp³-hybridized carbons (Fsp3) is 0.500. The maximum atomic E-state index is 9.60. The van der Waals surface area contributed by atoms with Gasteiger partial charge in [-0.1, -0.05) is 13.8 Å². The van der Waals surface area contributed by atoms with E-state index in [-0.39, 0.29) is 24.2 Å². The van der Waals surface area contributed by atoms with Crippen molar-refractivity contribution in [2.75, 3.05) is 0 Å². The van der Waals surface area contributed by atoms with Gasteiger partial charge in [0.1, 0.15) is 5.75 Å². The highest BCUT2D eigenvalue weighted by Crippen LogP contribution is 2.35. The first-order valence-corrected chi connectivity index (χ1v) is 6.94. The van der Waals surface area contributed by atoms with Crippen molar-refractivity contribution < 1.29 is 5.11 Å². The maximum Gasteiger partial charge on any atom is 0.143 e. The maximum absolute atomic E-state index is 9.60. The first-order valence-electron chi connectivity index (χ1n) is 5.35. The van der Waals surface area contributed by atoms with Crippen LogP contribution in [-0.4, -0.2) is 5.11 Å². The molecule has 2 nitrogen and oxygen atoms in total. The van der Waals surface area contributed by atoms with E-state index in [0.717, 1.165) is 18.4 Å². The Labute approximate surface area is 126 Å². The Balaban J connectivity index is 0.00000256. The molecule has 0 aliphatic rings. The summed E-state index contributed by atoms with van der Waals surface area (Å²) in [7, 11) is 0. The number of rotatable bonds is 4. The largest absolute Gasteiger partial charge is 0.506 e. The first-order chi connectivity index (χ1) is 7.41. The second-order valence-electron chi connectivity index (χ2n) is 4.41. The van der Waals surface area contributed by atoms with E-state index in [0.29, 0.717) is 14.9 Å². The molecule has 98 valence electrons. The van der Waals surface area contributed by atoms with E-state index >= 15 is 0 Å². The Bertz CT molecular complexity index is 349. The Morgan fingerprint density at radius 2 is 1.65 bits per heavy atom. The first kappa shape index (κ1) is 17.2. The Hall–Kier alpha value is 0.230. The summed E-state index contributed by atoms with van der Waals surface area (Å²) in [6.07, 6.45) is 2.07. The molecule has 0 heterocycles. The quantitative estimate of drug-likeness (QED) is 0.781. The van der Waals surface area contributed by atoms with Gasteiger partial charge in [-0.25, -0.2) is 0 Å². The SMILES string of the molecule is CC(C)CC[C@H](N)c1cc(Br)c(O)c(Br)c1.Cl. The third-order valence-electron chi connectivity index (χ3n) is 2.52. The minimum atomic E-state index is 0. The highest BCUT2D eigenvalue weighted by Gasteiger charge is 2.12. The number of phenols is 1. The van der Waals surface area contributed by atoms with E-state index in [1.54, 1.807) is 0 Å². The zero-order chi connectivity index (χ0) is 12.3. The van der Waals surface area contributed by atoms with Gasteiger partial charge in [-0.2, -0.15) is 0 Å². The van der Waals surface area contributed by atoms with E-state index in [2.05, 4.69) is 45.7 Å². The van der Waals surface area contributed by atoms with Crippen molar-refractivity contribution in [1.29, 1.82) is 0 Å². The molecule has 0 amide bonds. The van der Waals surface area contributed by atoms with Crippen LogP contribution in [0.3, 0.4) is 0 Å². The highest BCUT2D eigenvalue weighted by atomic mass is 79.9. The summed E-state index contributed by atoms with van der Waals surface area (Å²) in [5, 5.41) is 9.60. The Kier molecular flexibility index (Phi) is 7.72. The number of halogens is 3. The highest BCUT2D eigenvalue weighted by molar-refractivity contribution is 9.11. The molecule has 0 aromatic heterocycles. The van der Waals surface area contributed by atoms with Gasteiger partial charge in [-0.15, -0.1) is 12.4 Å². The van der Waals surface area contributed by atoms with Gasteiger partial charge in [0.25, 0.3) is 0 Å². The lowest BCUT2D eigenvalue weighted by molar-refractivity contribution is 0.466. The third kappa shape index (κ3) is 5.16. The molecule has 0 bridgehead atoms. The van der Waals surface area contributed by atoms with Crippen molar-refractivity contribution in [3.05, 3.63) is 26.6 Å². The van der Waals surface area contributed by atoms with E-state index in [1.165, 1.54) is 0 Å². The van der Waals surface area contributed by atoms with Crippen LogP contribution in [0.1, 0.15) is 38.3 Å². The van der Waals surface area contributed by atoms with Crippen molar-refractivity contribution >= 4 is 44.3 Å². The molecule has 5 heteroatoms. The van der Waals surface area contributed by atoms with Gasteiger partial charge in [0.2, 0.25) is 0 Å². The van der Waals surface area contributed by atoms with Crippen molar-refractivity contribution in [2.45, 2.75) is 32.7 Å². The molecular weight excluding hydrogens is 369 g/mol. The topological polar surface area (TPSA) is 46.2 Å². The van der Waals surface area contributed by atoms with Gasteiger partial charge in [0, 0.05) is 6.04 Å². The number of hydrogen-bond donors (Lipinski definition) is 2. The zero-order valence-electron chi connectivity index (χ0n) is 9.91. The summed E-state index contributed by atoms with van der Waals surface area (Å²) in [5.41, 5.74) is 7.15. The average molecular weight is 388 g/mol. The minimum absolute atomic E-state index is 0. The van der Waals surface area contributed by atoms with Gasteiger partial charge in [0.15, 0.2) is 0 Å². The smallest absolute Gasteiger partial charge is 0.143 e. The normalized spacial score (nSPS) is 12.4. The summed E-state index contributed by atoms with van der Waals surface area (Å²) in [4.78, 5) is 0. The minimum Gasteiger partial charge on any atom is -0.506 e. The van der Waals surface area contributed by atoms with Crippen LogP contribution in [0, 0.1) is 5.92 Å². The van der Waals surface area contributed by atoms with Gasteiger partial charge in [-0.05, 0) is 68.3 Å². The van der Waals surface area contributed by atoms with Crippen LogP contribution in [0.15, 0.2) is 21.1 Å². The fourth-order valence-corrected chi connectivity index (χ4v) is 2.70. The lowest BCUT2D eigenvalue weighted by Gasteiger charge is -2.15. The molecule has 1 aromatic carbocycles. The molecule has 0 fully saturated rings. The third-order valence-corrected chi connectivity index (χ3v) is 3.73. The van der Waals surface area contributed by atoms with Crippen LogP contribution in [0.5, 0.6) is 5.75 Å². The molecule has 1 rings (SSSR count). The Morgan fingerprint density at radius 1 is 1.18 bits per heavy atom. The molecule has 1 aromatic rings. The molecule has 1 atom stereocenters. The van der Waals surface area contributed by atoms with Crippen LogP contribution < -0.4 is 5.73 Å². The van der Waals surface area contributed by atoms with Crippen molar-refractivity contribution in [2.24, 2.45) is 11.7 Å². The van der Waals surface area contributed by atoms with Crippen molar-refractivity contribution in [3.63, 3.8) is 0 Å². The lowest BCUT2D eigenvalue weighted by atomic mass is 9.98. The Morgan fingerprint density at radius 3 is 2.06 bits per heavy atom. The van der Waals surface area contributed by atoms with E-state index in [4.69, 9.17) is 5.73 Å². The van der Waals surface area contributed by atoms with Crippen LogP contribution >= 0.6 is 44.3 Å². The van der Waals surface area contributed by atoms with Gasteiger partial charge < -0.3 is 10.8 Å². The molecule has 17 heavy (non-hydrogen) atoms. The van der Waals surface area contributed by atoms with Gasteiger partial charge in [0.05, 0.1) is 8.95 Å². The molecule has 0 saturated carbocycles. The number of hydrogen-bond acceptors (Lipinski definition) is 2. The van der Waals surface area contributed by atoms with Crippen LogP contribution in [0.4, 0.5) is 0 Å². The van der Waals surface area contributed by atoms with Crippen LogP contribution in [0.25, 0.3) is 0 Å². The molecule has 3 N–H and O–H groups in total. The predicted molar refractivity (Wildman–Crippen MR) is 81.8 cm³/mol. The average Bonchev–Trinajstić information content (AvgIpc) is 2.21. The molecular formula is C12H18Br2ClNO. The fourth-order valence-electron chi connectivity index (χ4n) is 1.48. The zero-order valence-corrected chi connectivity index (χ0v) is 13.9. The number of benzene rings is 1. The molecule has 0 spiro atoms. The lowest BCUT2D eigenvalue weighted by Crippen LogP contribution is -2.11. The second-order valence-corrected chi connectivity index (χ2v) is 6.12. The molecule has 0 saturated heterocycles.